The van der Waals surface area contributed by atoms with E-state index in [0.29, 0.717) is 66.3 Å². The van der Waals surface area contributed by atoms with Crippen molar-refractivity contribution in [2.45, 2.75) is 130 Å². The molecular formula is C47H65N3O6. The van der Waals surface area contributed by atoms with Crippen LogP contribution >= 0.6 is 0 Å². The van der Waals surface area contributed by atoms with Gasteiger partial charge in [0.15, 0.2) is 5.60 Å². The summed E-state index contributed by atoms with van der Waals surface area (Å²) < 4.78 is 5.93. The molecule has 0 aliphatic heterocycles. The molecule has 1 aromatic rings. The lowest BCUT2D eigenvalue weighted by molar-refractivity contribution is -0.201. The van der Waals surface area contributed by atoms with Crippen molar-refractivity contribution < 1.29 is 29.6 Å². The van der Waals surface area contributed by atoms with E-state index in [9.17, 15) is 30.2 Å². The standard InChI is InChI=1S/C47H65N3O6/c1-28(2)32-15-20-47(50-26-45(8,55)40(51)52)22-21-44(7)35(38(32)47)12-11-34-37-29(3)24-36(42(4,5)33(37)16-17-43(34,44)6)30-13-18-46(19-14-30,41(53)54)27-56-39-31(25-48)10-9-23-49-39/h9-10,13,23-24,29,32-35,37-38,50,55H,1,11-12,14-22,26-27H2,2-8H3,(H,51,52)(H,53,54)/t29-,32-,33+,34+,35+,37-,38+,43+,44+,45?,46-,47-/m0/s1. The molecule has 4 fully saturated rings. The Morgan fingerprint density at radius 3 is 2.39 bits per heavy atom. The third kappa shape index (κ3) is 6.19. The van der Waals surface area contributed by atoms with E-state index < -0.39 is 23.0 Å². The summed E-state index contributed by atoms with van der Waals surface area (Å²) in [6, 6.07) is 5.39. The number of aliphatic carboxylic acids is 2. The summed E-state index contributed by atoms with van der Waals surface area (Å²) in [4.78, 5) is 28.9. The Labute approximate surface area is 334 Å². The molecule has 1 aromatic heterocycles. The number of carbonyl (C=O) groups is 2. The molecule has 0 saturated heterocycles. The Morgan fingerprint density at radius 2 is 1.75 bits per heavy atom. The second-order valence-electron chi connectivity index (χ2n) is 20.4. The molecule has 304 valence electrons. The second-order valence-corrected chi connectivity index (χ2v) is 20.4. The van der Waals surface area contributed by atoms with Crippen LogP contribution in [0.15, 0.2) is 53.8 Å². The van der Waals surface area contributed by atoms with Crippen molar-refractivity contribution in [3.8, 4) is 11.9 Å². The van der Waals surface area contributed by atoms with Gasteiger partial charge in [0.1, 0.15) is 23.7 Å². The van der Waals surface area contributed by atoms with Crippen molar-refractivity contribution in [1.29, 1.82) is 5.26 Å². The van der Waals surface area contributed by atoms with Crippen LogP contribution in [0, 0.1) is 74.4 Å². The lowest BCUT2D eigenvalue weighted by atomic mass is 9.35. The monoisotopic (exact) mass is 767 g/mol. The number of hydrogen-bond donors (Lipinski definition) is 4. The molecule has 56 heavy (non-hydrogen) atoms. The molecule has 0 amide bonds. The van der Waals surface area contributed by atoms with E-state index in [0.717, 1.165) is 32.1 Å². The number of allylic oxidation sites excluding steroid dienone is 5. The third-order valence-corrected chi connectivity index (χ3v) is 17.5. The van der Waals surface area contributed by atoms with E-state index in [2.05, 4.69) is 76.6 Å². The van der Waals surface area contributed by atoms with Crippen LogP contribution in [-0.2, 0) is 9.59 Å². The fourth-order valence-electron chi connectivity index (χ4n) is 14.0. The van der Waals surface area contributed by atoms with E-state index in [-0.39, 0.29) is 40.8 Å². The van der Waals surface area contributed by atoms with Gasteiger partial charge >= 0.3 is 11.9 Å². The van der Waals surface area contributed by atoms with Gasteiger partial charge in [0.25, 0.3) is 0 Å². The van der Waals surface area contributed by atoms with Crippen molar-refractivity contribution in [2.75, 3.05) is 13.2 Å². The van der Waals surface area contributed by atoms with Gasteiger partial charge in [-0.15, -0.1) is 0 Å². The van der Waals surface area contributed by atoms with Crippen molar-refractivity contribution in [3.63, 3.8) is 0 Å². The highest BCUT2D eigenvalue weighted by molar-refractivity contribution is 5.77. The summed E-state index contributed by atoms with van der Waals surface area (Å²) in [7, 11) is 0. The smallest absolute Gasteiger partial charge is 0.336 e. The zero-order valence-electron chi connectivity index (χ0n) is 34.8. The molecule has 6 aliphatic rings. The van der Waals surface area contributed by atoms with Gasteiger partial charge < -0.3 is 25.4 Å². The Morgan fingerprint density at radius 1 is 1.04 bits per heavy atom. The first kappa shape index (κ1) is 40.7. The number of nitrogens with one attached hydrogen (secondary N) is 1. The number of hydrogen-bond acceptors (Lipinski definition) is 7. The predicted octanol–water partition coefficient (Wildman–Crippen LogP) is 8.74. The van der Waals surface area contributed by atoms with Crippen LogP contribution in [0.1, 0.15) is 125 Å². The number of nitriles is 1. The van der Waals surface area contributed by atoms with Gasteiger partial charge in [-0.1, -0.05) is 58.9 Å². The molecule has 1 heterocycles. The molecule has 9 heteroatoms. The van der Waals surface area contributed by atoms with Crippen molar-refractivity contribution in [2.24, 2.45) is 63.1 Å². The Kier molecular flexibility index (Phi) is 10.3. The Balaban J connectivity index is 1.14. The van der Waals surface area contributed by atoms with E-state index in [1.807, 2.05) is 0 Å². The van der Waals surface area contributed by atoms with Crippen LogP contribution < -0.4 is 10.1 Å². The molecular weight excluding hydrogens is 703 g/mol. The zero-order chi connectivity index (χ0) is 40.6. The minimum absolute atomic E-state index is 0.0321. The van der Waals surface area contributed by atoms with Gasteiger partial charge in [-0.25, -0.2) is 9.78 Å². The molecule has 0 bridgehead atoms. The van der Waals surface area contributed by atoms with E-state index >= 15 is 0 Å². The van der Waals surface area contributed by atoms with Gasteiger partial charge in [0.05, 0.1) is 0 Å². The number of β-amino-alcohol motifs (C(OH)–C–C–N with tert-alkyl or cyclic N) is 1. The number of nitrogens with zero attached hydrogens (tertiary/aromatic N) is 2. The van der Waals surface area contributed by atoms with E-state index in [1.165, 1.54) is 42.9 Å². The number of aliphatic hydroxyl groups is 1. The summed E-state index contributed by atoms with van der Waals surface area (Å²) in [6.07, 6.45) is 16.6. The number of ether oxygens (including phenoxy) is 1. The Bertz CT molecular complexity index is 1880. The van der Waals surface area contributed by atoms with Gasteiger partial charge in [-0.3, -0.25) is 4.79 Å². The Hall–Kier alpha value is -3.48. The highest BCUT2D eigenvalue weighted by Gasteiger charge is 2.69. The summed E-state index contributed by atoms with van der Waals surface area (Å²) in [5.74, 6) is 1.44. The molecule has 4 saturated carbocycles. The molecule has 4 N–H and O–H groups in total. The maximum atomic E-state index is 12.8. The summed E-state index contributed by atoms with van der Waals surface area (Å²) >= 11 is 0. The predicted molar refractivity (Wildman–Crippen MR) is 215 cm³/mol. The number of fused-ring (bicyclic) bond motifs is 7. The summed E-state index contributed by atoms with van der Waals surface area (Å²) in [5, 5.41) is 44.2. The topological polar surface area (TPSA) is 153 Å². The van der Waals surface area contributed by atoms with E-state index in [1.54, 1.807) is 18.3 Å². The van der Waals surface area contributed by atoms with E-state index in [4.69, 9.17) is 4.74 Å². The van der Waals surface area contributed by atoms with Crippen molar-refractivity contribution in [1.82, 2.24) is 10.3 Å². The normalized spacial score (nSPS) is 40.9. The minimum atomic E-state index is -1.82. The quantitative estimate of drug-likeness (QED) is 0.171. The largest absolute Gasteiger partial charge is 0.481 e. The number of pyridine rings is 1. The van der Waals surface area contributed by atoms with Crippen molar-refractivity contribution >= 4 is 11.9 Å². The minimum Gasteiger partial charge on any atom is -0.481 e. The molecule has 0 aromatic carbocycles. The fraction of sp³-hybridized carbons (Fsp3) is 0.702. The highest BCUT2D eigenvalue weighted by atomic mass is 16.5. The first-order chi connectivity index (χ1) is 26.3. The van der Waals surface area contributed by atoms with Crippen LogP contribution in [-0.4, -0.2) is 56.5 Å². The average Bonchev–Trinajstić information content (AvgIpc) is 3.55. The molecule has 6 aliphatic carbocycles. The third-order valence-electron chi connectivity index (χ3n) is 17.5. The SMILES string of the molecule is C=C(C)[C@@H]1CC[C@]2(NCC(C)(O)C(=O)O)CC[C@]3(C)[C@H](CC[C@@H]4[C@@H]5[C@@H](CC[C@]43C)C(C)(C)C(C3=CC[C@](COc4ncccc4C#N)(C(=O)O)CC3)=C[C@@H]5C)[C@@H]12. The molecule has 7 rings (SSSR count). The molecule has 12 atom stereocenters. The number of rotatable bonds is 10. The van der Waals surface area contributed by atoms with Crippen LogP contribution in [0.4, 0.5) is 0 Å². The van der Waals surface area contributed by atoms with Crippen LogP contribution in [0.5, 0.6) is 5.88 Å². The number of carboxylic acid groups (broad SMARTS) is 2. The number of aromatic nitrogens is 1. The van der Waals surface area contributed by atoms with Gasteiger partial charge in [0.2, 0.25) is 5.88 Å². The molecule has 0 radical (unpaired) electrons. The first-order valence-electron chi connectivity index (χ1n) is 21.3. The lowest BCUT2D eigenvalue weighted by Crippen LogP contribution is -2.67. The number of carboxylic acids is 2. The average molecular weight is 768 g/mol. The summed E-state index contributed by atoms with van der Waals surface area (Å²) in [5.41, 5.74) is 1.37. The summed E-state index contributed by atoms with van der Waals surface area (Å²) in [6.45, 7) is 20.6. The van der Waals surface area contributed by atoms with Crippen molar-refractivity contribution in [3.05, 3.63) is 59.3 Å². The van der Waals surface area contributed by atoms with Crippen LogP contribution in [0.25, 0.3) is 0 Å². The second kappa shape index (κ2) is 14.1. The van der Waals surface area contributed by atoms with Gasteiger partial charge in [0, 0.05) is 18.3 Å². The maximum Gasteiger partial charge on any atom is 0.336 e. The molecule has 1 unspecified atom stereocenters. The zero-order valence-corrected chi connectivity index (χ0v) is 34.8. The molecule has 9 nitrogen and oxygen atoms in total. The molecule has 0 spiro atoms. The van der Waals surface area contributed by atoms with Crippen LogP contribution in [0.3, 0.4) is 0 Å². The fourth-order valence-corrected chi connectivity index (χ4v) is 14.0. The first-order valence-corrected chi connectivity index (χ1v) is 21.3. The highest BCUT2D eigenvalue weighted by Crippen LogP contribution is 2.74. The maximum absolute atomic E-state index is 12.8. The van der Waals surface area contributed by atoms with Gasteiger partial charge in [-0.05, 0) is 165 Å². The lowest BCUT2D eigenvalue weighted by Gasteiger charge is -2.70. The van der Waals surface area contributed by atoms with Gasteiger partial charge in [-0.2, -0.15) is 5.26 Å². The van der Waals surface area contributed by atoms with Crippen LogP contribution in [0.2, 0.25) is 0 Å².